The number of hydrogen-bond donors (Lipinski definition) is 2. The van der Waals surface area contributed by atoms with E-state index in [4.69, 9.17) is 14.7 Å². The van der Waals surface area contributed by atoms with E-state index >= 15 is 0 Å². The zero-order valence-electron chi connectivity index (χ0n) is 15.3. The van der Waals surface area contributed by atoms with Crippen LogP contribution in [-0.2, 0) is 16.1 Å². The molecular weight excluding hydrogens is 360 g/mol. The van der Waals surface area contributed by atoms with Crippen LogP contribution in [0.15, 0.2) is 48.5 Å². The Morgan fingerprint density at radius 2 is 1.93 bits per heavy atom. The molecule has 28 heavy (non-hydrogen) atoms. The van der Waals surface area contributed by atoms with Gasteiger partial charge in [0.25, 0.3) is 5.91 Å². The fourth-order valence-electron chi connectivity index (χ4n) is 3.72. The molecule has 2 amide bonds. The average molecular weight is 382 g/mol. The summed E-state index contributed by atoms with van der Waals surface area (Å²) < 4.78 is 11.4. The standard InChI is InChI=1S/C21H22N2O5/c24-20(22-26)15-6-7-16-11-23(21(25)17-8-9-27-12-17)18(13-28-19(16)10-15)14-4-2-1-3-5-14/h1-7,10,17-18,26H,8-9,11-13H2,(H,22,24)/t17-,18?/m0/s1. The largest absolute Gasteiger partial charge is 0.491 e. The molecule has 2 N–H and O–H groups in total. The third kappa shape index (κ3) is 3.58. The summed E-state index contributed by atoms with van der Waals surface area (Å²) in [5.74, 6) is -0.154. The lowest BCUT2D eigenvalue weighted by Crippen LogP contribution is -2.40. The van der Waals surface area contributed by atoms with E-state index in [0.717, 1.165) is 17.5 Å². The van der Waals surface area contributed by atoms with Crippen molar-refractivity contribution >= 4 is 11.8 Å². The van der Waals surface area contributed by atoms with Gasteiger partial charge in [-0.05, 0) is 24.1 Å². The molecule has 7 heteroatoms. The van der Waals surface area contributed by atoms with Crippen molar-refractivity contribution in [3.8, 4) is 5.75 Å². The Hall–Kier alpha value is -2.90. The second kappa shape index (κ2) is 8.00. The molecule has 0 aromatic heterocycles. The average Bonchev–Trinajstić information content (AvgIpc) is 3.21. The van der Waals surface area contributed by atoms with Crippen LogP contribution in [0.1, 0.15) is 33.9 Å². The fraction of sp³-hybridized carbons (Fsp3) is 0.333. The smallest absolute Gasteiger partial charge is 0.274 e. The van der Waals surface area contributed by atoms with Crippen molar-refractivity contribution in [2.75, 3.05) is 19.8 Å². The van der Waals surface area contributed by atoms with E-state index in [1.54, 1.807) is 23.7 Å². The minimum Gasteiger partial charge on any atom is -0.491 e. The molecular formula is C21H22N2O5. The van der Waals surface area contributed by atoms with Crippen LogP contribution in [0.5, 0.6) is 5.75 Å². The van der Waals surface area contributed by atoms with Gasteiger partial charge in [0.15, 0.2) is 0 Å². The highest BCUT2D eigenvalue weighted by molar-refractivity contribution is 5.93. The molecule has 0 bridgehead atoms. The summed E-state index contributed by atoms with van der Waals surface area (Å²) in [6.45, 7) is 1.71. The Bertz CT molecular complexity index is 864. The van der Waals surface area contributed by atoms with Crippen molar-refractivity contribution in [3.63, 3.8) is 0 Å². The molecule has 2 aliphatic heterocycles. The Kier molecular flexibility index (Phi) is 5.27. The van der Waals surface area contributed by atoms with Crippen LogP contribution >= 0.6 is 0 Å². The fourth-order valence-corrected chi connectivity index (χ4v) is 3.72. The summed E-state index contributed by atoms with van der Waals surface area (Å²) in [7, 11) is 0. The van der Waals surface area contributed by atoms with Gasteiger partial charge in [0.2, 0.25) is 5.91 Å². The lowest BCUT2D eigenvalue weighted by molar-refractivity contribution is -0.139. The number of benzene rings is 2. The van der Waals surface area contributed by atoms with E-state index in [0.29, 0.717) is 31.1 Å². The third-order valence-corrected chi connectivity index (χ3v) is 5.29. The highest BCUT2D eigenvalue weighted by Gasteiger charge is 2.35. The van der Waals surface area contributed by atoms with Gasteiger partial charge < -0.3 is 14.4 Å². The molecule has 1 saturated heterocycles. The summed E-state index contributed by atoms with van der Waals surface area (Å²) in [6.07, 6.45) is 0.722. The van der Waals surface area contributed by atoms with Gasteiger partial charge in [-0.15, -0.1) is 0 Å². The number of hydroxylamine groups is 1. The van der Waals surface area contributed by atoms with E-state index in [1.807, 2.05) is 35.2 Å². The molecule has 0 radical (unpaired) electrons. The topological polar surface area (TPSA) is 88.1 Å². The summed E-state index contributed by atoms with van der Waals surface area (Å²) in [6, 6.07) is 14.5. The first-order valence-electron chi connectivity index (χ1n) is 9.30. The normalized spacial score (nSPS) is 21.4. The second-order valence-electron chi connectivity index (χ2n) is 7.03. The van der Waals surface area contributed by atoms with Crippen molar-refractivity contribution in [1.29, 1.82) is 0 Å². The van der Waals surface area contributed by atoms with E-state index in [1.165, 1.54) is 0 Å². The minimum absolute atomic E-state index is 0.0555. The number of carbonyl (C=O) groups excluding carboxylic acids is 2. The maximum atomic E-state index is 13.3. The number of ether oxygens (including phenoxy) is 2. The van der Waals surface area contributed by atoms with Crippen molar-refractivity contribution in [1.82, 2.24) is 10.4 Å². The highest BCUT2D eigenvalue weighted by atomic mass is 16.5. The Labute approximate surface area is 162 Å². The molecule has 2 aromatic carbocycles. The third-order valence-electron chi connectivity index (χ3n) is 5.29. The quantitative estimate of drug-likeness (QED) is 0.628. The van der Waals surface area contributed by atoms with E-state index in [9.17, 15) is 9.59 Å². The molecule has 2 aliphatic rings. The maximum absolute atomic E-state index is 13.3. The zero-order valence-corrected chi connectivity index (χ0v) is 15.3. The van der Waals surface area contributed by atoms with E-state index in [-0.39, 0.29) is 24.5 Å². The number of carbonyl (C=O) groups is 2. The van der Waals surface area contributed by atoms with Crippen LogP contribution in [0, 0.1) is 5.92 Å². The number of rotatable bonds is 3. The predicted molar refractivity (Wildman–Crippen MR) is 99.8 cm³/mol. The van der Waals surface area contributed by atoms with Crippen molar-refractivity contribution in [2.24, 2.45) is 5.92 Å². The second-order valence-corrected chi connectivity index (χ2v) is 7.03. The lowest BCUT2D eigenvalue weighted by Gasteiger charge is -2.31. The molecule has 4 rings (SSSR count). The minimum atomic E-state index is -0.605. The zero-order chi connectivity index (χ0) is 19.5. The maximum Gasteiger partial charge on any atom is 0.274 e. The van der Waals surface area contributed by atoms with Crippen LogP contribution in [0.2, 0.25) is 0 Å². The molecule has 1 fully saturated rings. The first-order chi connectivity index (χ1) is 13.7. The predicted octanol–water partition coefficient (Wildman–Crippen LogP) is 2.30. The van der Waals surface area contributed by atoms with Gasteiger partial charge in [0, 0.05) is 17.7 Å². The summed E-state index contributed by atoms with van der Waals surface area (Å²) in [4.78, 5) is 26.8. The van der Waals surface area contributed by atoms with Crippen molar-refractivity contribution in [2.45, 2.75) is 19.0 Å². The van der Waals surface area contributed by atoms with Crippen LogP contribution in [0.4, 0.5) is 0 Å². The van der Waals surface area contributed by atoms with Crippen LogP contribution in [0.25, 0.3) is 0 Å². The van der Waals surface area contributed by atoms with Gasteiger partial charge >= 0.3 is 0 Å². The summed E-state index contributed by atoms with van der Waals surface area (Å²) in [5, 5.41) is 8.87. The monoisotopic (exact) mass is 382 g/mol. The van der Waals surface area contributed by atoms with Gasteiger partial charge in [0.05, 0.1) is 25.1 Å². The molecule has 0 saturated carbocycles. The number of fused-ring (bicyclic) bond motifs is 1. The Balaban J connectivity index is 1.69. The van der Waals surface area contributed by atoms with E-state index in [2.05, 4.69) is 0 Å². The van der Waals surface area contributed by atoms with Crippen LogP contribution < -0.4 is 10.2 Å². The number of nitrogens with one attached hydrogen (secondary N) is 1. The number of amides is 2. The summed E-state index contributed by atoms with van der Waals surface area (Å²) in [5.41, 5.74) is 3.74. The molecule has 7 nitrogen and oxygen atoms in total. The molecule has 146 valence electrons. The molecule has 0 spiro atoms. The van der Waals surface area contributed by atoms with Gasteiger partial charge in [-0.2, -0.15) is 0 Å². The molecule has 1 unspecified atom stereocenters. The van der Waals surface area contributed by atoms with Crippen LogP contribution in [0.3, 0.4) is 0 Å². The van der Waals surface area contributed by atoms with Crippen molar-refractivity contribution in [3.05, 3.63) is 65.2 Å². The van der Waals surface area contributed by atoms with Crippen molar-refractivity contribution < 1.29 is 24.3 Å². The van der Waals surface area contributed by atoms with Gasteiger partial charge in [0.1, 0.15) is 12.4 Å². The Morgan fingerprint density at radius 3 is 2.64 bits per heavy atom. The lowest BCUT2D eigenvalue weighted by atomic mass is 10.0. The first kappa shape index (κ1) is 18.5. The first-order valence-corrected chi connectivity index (χ1v) is 9.30. The van der Waals surface area contributed by atoms with Gasteiger partial charge in [-0.3, -0.25) is 14.8 Å². The number of hydrogen-bond acceptors (Lipinski definition) is 5. The molecule has 2 heterocycles. The van der Waals surface area contributed by atoms with Gasteiger partial charge in [-0.1, -0.05) is 36.4 Å². The highest BCUT2D eigenvalue weighted by Crippen LogP contribution is 2.34. The molecule has 2 aromatic rings. The molecule has 2 atom stereocenters. The van der Waals surface area contributed by atoms with E-state index < -0.39 is 5.91 Å². The Morgan fingerprint density at radius 1 is 1.11 bits per heavy atom. The van der Waals surface area contributed by atoms with Crippen LogP contribution in [-0.4, -0.2) is 41.7 Å². The SMILES string of the molecule is O=C(NO)c1ccc2c(c1)OCC(c1ccccc1)N(C(=O)[C@H]1CCOC1)C2. The van der Waals surface area contributed by atoms with Gasteiger partial charge in [-0.25, -0.2) is 5.48 Å². The molecule has 0 aliphatic carbocycles. The number of nitrogens with zero attached hydrogens (tertiary/aromatic N) is 1. The summed E-state index contributed by atoms with van der Waals surface area (Å²) >= 11 is 0.